The third kappa shape index (κ3) is 107. The van der Waals surface area contributed by atoms with Crippen LogP contribution < -0.4 is 0 Å². The van der Waals surface area contributed by atoms with E-state index in [-0.39, 0.29) is 20.4 Å². The monoisotopic (exact) mass is 174 g/mol. The van der Waals surface area contributed by atoms with Crippen molar-refractivity contribution in [1.82, 2.24) is 0 Å². The molecule has 0 amide bonds. The Hall–Kier alpha value is 0.517. The smallest absolute Gasteiger partial charge is 0.254 e. The van der Waals surface area contributed by atoms with E-state index in [2.05, 4.69) is 0 Å². The quantitative estimate of drug-likeness (QED) is 0.478. The molecule has 32 valence electrons. The molecule has 0 aliphatic heterocycles. The molecule has 0 bridgehead atoms. The molecule has 0 aliphatic rings. The summed E-state index contributed by atoms with van der Waals surface area (Å²) in [7, 11) is -3.67. The van der Waals surface area contributed by atoms with Crippen LogP contribution in [-0.2, 0) is 20.4 Å². The molecule has 0 nitrogen and oxygen atoms in total. The van der Waals surface area contributed by atoms with Crippen LogP contribution in [0.3, 0.4) is 0 Å². The van der Waals surface area contributed by atoms with E-state index in [0.717, 1.165) is 0 Å². The van der Waals surface area contributed by atoms with E-state index in [1.165, 1.54) is 0 Å². The average Bonchev–Trinajstić information content (AvgIpc) is 0.811. The van der Waals surface area contributed by atoms with Crippen LogP contribution in [0.2, 0.25) is 0 Å². The van der Waals surface area contributed by atoms with Gasteiger partial charge in [0.05, 0.1) is 0 Å². The van der Waals surface area contributed by atoms with Crippen molar-refractivity contribution in [1.29, 1.82) is 0 Å². The van der Waals surface area contributed by atoms with E-state index in [1.54, 1.807) is 0 Å². The Morgan fingerprint density at radius 1 is 1.00 bits per heavy atom. The summed E-state index contributed by atoms with van der Waals surface area (Å²) >= 11 is 0. The van der Waals surface area contributed by atoms with Crippen LogP contribution in [0.15, 0.2) is 0 Å². The minimum Gasteiger partial charge on any atom is -0.254 e. The Morgan fingerprint density at radius 2 is 1.00 bits per heavy atom. The fourth-order valence-corrected chi connectivity index (χ4v) is 0. The summed E-state index contributed by atoms with van der Waals surface area (Å²) in [4.78, 5) is 0. The minimum absolute atomic E-state index is 0. The maximum absolute atomic E-state index is 9.67. The summed E-state index contributed by atoms with van der Waals surface area (Å²) in [5.41, 5.74) is 0. The van der Waals surface area contributed by atoms with Gasteiger partial charge in [0.1, 0.15) is 0 Å². The van der Waals surface area contributed by atoms with E-state index in [1.807, 2.05) is 0 Å². The summed E-state index contributed by atoms with van der Waals surface area (Å²) in [5.74, 6) is 0. The molecule has 0 atom stereocenters. The second-order valence-electron chi connectivity index (χ2n) is 0.247. The molecule has 0 unspecified atom stereocenters. The van der Waals surface area contributed by atoms with E-state index in [9.17, 15) is 12.9 Å². The van der Waals surface area contributed by atoms with Gasteiger partial charge in [0, 0.05) is 0 Å². The van der Waals surface area contributed by atoms with Gasteiger partial charge in [0.25, 0.3) is 0 Å². The van der Waals surface area contributed by atoms with Gasteiger partial charge in [-0.3, -0.25) is 12.9 Å². The van der Waals surface area contributed by atoms with Crippen LogP contribution in [-0.4, -0.2) is 7.54 Å². The molecule has 0 aromatic carbocycles. The van der Waals surface area contributed by atoms with Crippen molar-refractivity contribution < 1.29 is 33.4 Å². The van der Waals surface area contributed by atoms with Gasteiger partial charge in [-0.2, -0.15) is 0 Å². The molecule has 0 radical (unpaired) electrons. The summed E-state index contributed by atoms with van der Waals surface area (Å²) in [6, 6.07) is 0. The molecule has 0 spiro atoms. The van der Waals surface area contributed by atoms with Gasteiger partial charge < -0.3 is 0 Å². The Balaban J connectivity index is 0. The van der Waals surface area contributed by atoms with Crippen molar-refractivity contribution in [3.05, 3.63) is 0 Å². The normalized spacial score (nSPS) is 5.40. The van der Waals surface area contributed by atoms with Crippen molar-refractivity contribution in [2.24, 2.45) is 0 Å². The maximum atomic E-state index is 9.67. The first-order valence-corrected chi connectivity index (χ1v) is 0.655. The second-order valence-corrected chi connectivity index (χ2v) is 0.247. The number of rotatable bonds is 0. The molecule has 5 heavy (non-hydrogen) atoms. The summed E-state index contributed by atoms with van der Waals surface area (Å²) in [6.45, 7) is 0. The first kappa shape index (κ1) is 9.10. The Bertz CT molecular complexity index is 11.6. The number of halogens is 3. The molecule has 0 N–H and O–H groups in total. The van der Waals surface area contributed by atoms with Crippen molar-refractivity contribution in [2.75, 3.05) is 0 Å². The molecule has 0 rings (SSSR count). The molecular formula is BF3Pd+2. The standard InChI is InChI=1S/BF3.Pd/c2-1(3)4;/q;+2. The zero-order chi connectivity index (χ0) is 3.58. The van der Waals surface area contributed by atoms with E-state index < -0.39 is 7.54 Å². The fraction of sp³-hybridized carbons (Fsp3) is 0. The fourth-order valence-electron chi connectivity index (χ4n) is 0. The van der Waals surface area contributed by atoms with Crippen LogP contribution in [0.4, 0.5) is 12.9 Å². The Labute approximate surface area is 41.6 Å². The van der Waals surface area contributed by atoms with Crippen molar-refractivity contribution >= 4 is 7.54 Å². The molecular weight excluding hydrogens is 174 g/mol. The first-order valence-electron chi connectivity index (χ1n) is 0.655. The van der Waals surface area contributed by atoms with Crippen LogP contribution in [0.5, 0.6) is 0 Å². The van der Waals surface area contributed by atoms with Crippen LogP contribution >= 0.6 is 0 Å². The molecule has 0 fully saturated rings. The van der Waals surface area contributed by atoms with E-state index >= 15 is 0 Å². The van der Waals surface area contributed by atoms with Crippen LogP contribution in [0.25, 0.3) is 0 Å². The largest absolute Gasteiger partial charge is 2.00 e. The van der Waals surface area contributed by atoms with Crippen LogP contribution in [0.1, 0.15) is 0 Å². The van der Waals surface area contributed by atoms with Crippen molar-refractivity contribution in [2.45, 2.75) is 0 Å². The van der Waals surface area contributed by atoms with E-state index in [0.29, 0.717) is 0 Å². The molecule has 0 heterocycles. The number of hydrogen-bond donors (Lipinski definition) is 0. The predicted molar refractivity (Wildman–Crippen MR) is 9.08 cm³/mol. The summed E-state index contributed by atoms with van der Waals surface area (Å²) in [5, 5.41) is 0. The van der Waals surface area contributed by atoms with Gasteiger partial charge in [0.15, 0.2) is 0 Å². The average molecular weight is 174 g/mol. The minimum atomic E-state index is -3.67. The molecule has 0 saturated carbocycles. The molecule has 0 saturated heterocycles. The molecule has 0 aromatic heterocycles. The van der Waals surface area contributed by atoms with Gasteiger partial charge >= 0.3 is 28.0 Å². The SMILES string of the molecule is FB(F)F.[Pd+2]. The maximum Gasteiger partial charge on any atom is 2.00 e. The van der Waals surface area contributed by atoms with Crippen LogP contribution in [0, 0.1) is 0 Å². The van der Waals surface area contributed by atoms with Gasteiger partial charge in [-0.15, -0.1) is 0 Å². The topological polar surface area (TPSA) is 0 Å². The molecule has 0 aromatic rings. The zero-order valence-electron chi connectivity index (χ0n) is 2.03. The first-order chi connectivity index (χ1) is 1.73. The predicted octanol–water partition coefficient (Wildman–Crippen LogP) is 0.877. The van der Waals surface area contributed by atoms with Gasteiger partial charge in [0.2, 0.25) is 0 Å². The summed E-state index contributed by atoms with van der Waals surface area (Å²) < 4.78 is 29.0. The van der Waals surface area contributed by atoms with E-state index in [4.69, 9.17) is 0 Å². The third-order valence-electron chi connectivity index (χ3n) is 0. The van der Waals surface area contributed by atoms with Gasteiger partial charge in [-0.25, -0.2) is 0 Å². The molecule has 5 heteroatoms. The zero-order valence-corrected chi connectivity index (χ0v) is 3.58. The third-order valence-corrected chi connectivity index (χ3v) is 0. The van der Waals surface area contributed by atoms with Gasteiger partial charge in [-0.1, -0.05) is 0 Å². The number of hydrogen-bond acceptors (Lipinski definition) is 0. The second kappa shape index (κ2) is 4.52. The van der Waals surface area contributed by atoms with Crippen molar-refractivity contribution in [3.63, 3.8) is 0 Å². The summed E-state index contributed by atoms with van der Waals surface area (Å²) in [6.07, 6.45) is 0. The molecule has 0 aliphatic carbocycles. The Morgan fingerprint density at radius 3 is 1.00 bits per heavy atom. The van der Waals surface area contributed by atoms with Gasteiger partial charge in [-0.05, 0) is 0 Å². The van der Waals surface area contributed by atoms with Crippen molar-refractivity contribution in [3.8, 4) is 0 Å². The Kier molecular flexibility index (Phi) is 8.22.